The number of carbonyl (C=O) groups excluding carboxylic acids is 1. The number of carboxylic acids is 1. The molecule has 0 heterocycles. The van der Waals surface area contributed by atoms with Crippen molar-refractivity contribution in [1.82, 2.24) is 10.0 Å². The Morgan fingerprint density at radius 2 is 2.00 bits per heavy atom. The van der Waals surface area contributed by atoms with Crippen LogP contribution in [0.1, 0.15) is 30.1 Å². The second-order valence-electron chi connectivity index (χ2n) is 5.42. The molecule has 3 N–H and O–H groups in total. The molecular formula is C16H17FN2O5S. The Hall–Kier alpha value is -2.52. The Bertz CT molecular complexity index is 861. The SMILES string of the molecule is CC(NS(=O)(=O)c1ccc(F)c(C(=O)NC2=CCCC=C2)c1)C(=O)O. The molecule has 0 spiro atoms. The molecule has 7 nitrogen and oxygen atoms in total. The maximum atomic E-state index is 13.9. The lowest BCUT2D eigenvalue weighted by Gasteiger charge is -2.13. The van der Waals surface area contributed by atoms with Gasteiger partial charge in [-0.2, -0.15) is 4.72 Å². The molecular weight excluding hydrogens is 351 g/mol. The van der Waals surface area contributed by atoms with E-state index in [0.717, 1.165) is 38.0 Å². The van der Waals surface area contributed by atoms with Crippen molar-refractivity contribution >= 4 is 21.9 Å². The summed E-state index contributed by atoms with van der Waals surface area (Å²) in [5, 5.41) is 11.3. The molecule has 134 valence electrons. The molecule has 1 aromatic rings. The van der Waals surface area contributed by atoms with Gasteiger partial charge in [-0.25, -0.2) is 12.8 Å². The zero-order chi connectivity index (χ0) is 18.6. The molecule has 1 aliphatic carbocycles. The molecule has 0 bridgehead atoms. The number of nitrogens with one attached hydrogen (secondary N) is 2. The average Bonchev–Trinajstić information content (AvgIpc) is 2.55. The molecule has 2 rings (SSSR count). The molecule has 0 fully saturated rings. The number of rotatable bonds is 6. The predicted molar refractivity (Wildman–Crippen MR) is 87.7 cm³/mol. The second kappa shape index (κ2) is 7.58. The first-order valence-electron chi connectivity index (χ1n) is 7.43. The van der Waals surface area contributed by atoms with Crippen molar-refractivity contribution in [1.29, 1.82) is 0 Å². The van der Waals surface area contributed by atoms with Crippen LogP contribution in [0.25, 0.3) is 0 Å². The van der Waals surface area contributed by atoms with E-state index in [9.17, 15) is 22.4 Å². The van der Waals surface area contributed by atoms with Crippen molar-refractivity contribution in [3.8, 4) is 0 Å². The van der Waals surface area contributed by atoms with Gasteiger partial charge in [0.15, 0.2) is 0 Å². The van der Waals surface area contributed by atoms with Crippen molar-refractivity contribution in [2.75, 3.05) is 0 Å². The Morgan fingerprint density at radius 1 is 1.28 bits per heavy atom. The topological polar surface area (TPSA) is 113 Å². The van der Waals surface area contributed by atoms with Crippen LogP contribution in [-0.2, 0) is 14.8 Å². The molecule has 0 saturated carbocycles. The number of allylic oxidation sites excluding steroid dienone is 3. The molecule has 1 unspecified atom stereocenters. The fourth-order valence-electron chi connectivity index (χ4n) is 2.10. The van der Waals surface area contributed by atoms with E-state index in [2.05, 4.69) is 5.32 Å². The minimum atomic E-state index is -4.22. The van der Waals surface area contributed by atoms with E-state index in [-0.39, 0.29) is 0 Å². The highest BCUT2D eigenvalue weighted by Gasteiger charge is 2.24. The van der Waals surface area contributed by atoms with Crippen molar-refractivity contribution in [2.45, 2.75) is 30.7 Å². The van der Waals surface area contributed by atoms with E-state index in [4.69, 9.17) is 5.11 Å². The lowest BCUT2D eigenvalue weighted by molar-refractivity contribution is -0.138. The largest absolute Gasteiger partial charge is 0.480 e. The first-order chi connectivity index (χ1) is 11.7. The summed E-state index contributed by atoms with van der Waals surface area (Å²) in [4.78, 5) is 22.6. The minimum absolute atomic E-state index is 0.402. The van der Waals surface area contributed by atoms with E-state index >= 15 is 0 Å². The van der Waals surface area contributed by atoms with Gasteiger partial charge in [0.2, 0.25) is 10.0 Å². The number of aliphatic carboxylic acids is 1. The van der Waals surface area contributed by atoms with Gasteiger partial charge in [0.1, 0.15) is 11.9 Å². The third-order valence-corrected chi connectivity index (χ3v) is 4.99. The van der Waals surface area contributed by atoms with Gasteiger partial charge in [-0.3, -0.25) is 9.59 Å². The van der Waals surface area contributed by atoms with Gasteiger partial charge in [0.25, 0.3) is 5.91 Å². The molecule has 1 aliphatic rings. The van der Waals surface area contributed by atoms with Crippen LogP contribution in [0.3, 0.4) is 0 Å². The molecule has 25 heavy (non-hydrogen) atoms. The molecule has 0 aliphatic heterocycles. The number of hydrogen-bond acceptors (Lipinski definition) is 4. The molecule has 1 aromatic carbocycles. The second-order valence-corrected chi connectivity index (χ2v) is 7.13. The molecule has 1 atom stereocenters. The van der Waals surface area contributed by atoms with Crippen LogP contribution in [0.2, 0.25) is 0 Å². The summed E-state index contributed by atoms with van der Waals surface area (Å²) in [5.74, 6) is -3.04. The average molecular weight is 368 g/mol. The molecule has 0 aromatic heterocycles. The molecule has 0 saturated heterocycles. The van der Waals surface area contributed by atoms with Crippen molar-refractivity contribution in [3.63, 3.8) is 0 Å². The Labute approximate surface area is 144 Å². The van der Waals surface area contributed by atoms with E-state index < -0.39 is 44.2 Å². The van der Waals surface area contributed by atoms with Crippen LogP contribution in [0.15, 0.2) is 47.0 Å². The van der Waals surface area contributed by atoms with Crippen LogP contribution >= 0.6 is 0 Å². The molecule has 9 heteroatoms. The predicted octanol–water partition coefficient (Wildman–Crippen LogP) is 1.54. The fraction of sp³-hybridized carbons (Fsp3) is 0.250. The van der Waals surface area contributed by atoms with Gasteiger partial charge in [-0.05, 0) is 44.0 Å². The van der Waals surface area contributed by atoms with Gasteiger partial charge in [-0.15, -0.1) is 0 Å². The van der Waals surface area contributed by atoms with Gasteiger partial charge in [-0.1, -0.05) is 12.2 Å². The first-order valence-corrected chi connectivity index (χ1v) is 8.92. The lowest BCUT2D eigenvalue weighted by atomic mass is 10.1. The smallest absolute Gasteiger partial charge is 0.321 e. The van der Waals surface area contributed by atoms with Gasteiger partial charge >= 0.3 is 5.97 Å². The Morgan fingerprint density at radius 3 is 2.60 bits per heavy atom. The molecule has 1 amide bonds. The highest BCUT2D eigenvalue weighted by molar-refractivity contribution is 7.89. The third-order valence-electron chi connectivity index (χ3n) is 3.45. The number of benzene rings is 1. The van der Waals surface area contributed by atoms with Crippen molar-refractivity contribution in [2.24, 2.45) is 0 Å². The summed E-state index contributed by atoms with van der Waals surface area (Å²) in [6.07, 6.45) is 6.88. The number of amides is 1. The van der Waals surface area contributed by atoms with E-state index in [1.165, 1.54) is 0 Å². The quantitative estimate of drug-likeness (QED) is 0.705. The fourth-order valence-corrected chi connectivity index (χ4v) is 3.32. The summed E-state index contributed by atoms with van der Waals surface area (Å²) in [6.45, 7) is 1.15. The number of halogens is 1. The number of hydrogen-bond donors (Lipinski definition) is 3. The monoisotopic (exact) mass is 368 g/mol. The maximum Gasteiger partial charge on any atom is 0.321 e. The minimum Gasteiger partial charge on any atom is -0.480 e. The summed E-state index contributed by atoms with van der Waals surface area (Å²) in [7, 11) is -4.22. The first kappa shape index (κ1) is 18.8. The van der Waals surface area contributed by atoms with E-state index in [1.54, 1.807) is 12.2 Å². The molecule has 0 radical (unpaired) electrons. The summed E-state index contributed by atoms with van der Waals surface area (Å²) < 4.78 is 40.2. The lowest BCUT2D eigenvalue weighted by Crippen LogP contribution is -2.38. The highest BCUT2D eigenvalue weighted by atomic mass is 32.2. The zero-order valence-electron chi connectivity index (χ0n) is 13.3. The Balaban J connectivity index is 2.27. The van der Waals surface area contributed by atoms with Gasteiger partial charge in [0.05, 0.1) is 10.5 Å². The number of sulfonamides is 1. The Kier molecular flexibility index (Phi) is 5.70. The van der Waals surface area contributed by atoms with Crippen molar-refractivity contribution in [3.05, 3.63) is 53.5 Å². The summed E-state index contributed by atoms with van der Waals surface area (Å²) >= 11 is 0. The van der Waals surface area contributed by atoms with Crippen LogP contribution in [0, 0.1) is 5.82 Å². The van der Waals surface area contributed by atoms with Crippen LogP contribution in [0.5, 0.6) is 0 Å². The van der Waals surface area contributed by atoms with Crippen LogP contribution in [0.4, 0.5) is 4.39 Å². The van der Waals surface area contributed by atoms with Gasteiger partial charge in [0, 0.05) is 5.70 Å². The zero-order valence-corrected chi connectivity index (χ0v) is 14.1. The van der Waals surface area contributed by atoms with E-state index in [1.807, 2.05) is 10.8 Å². The van der Waals surface area contributed by atoms with Crippen molar-refractivity contribution < 1.29 is 27.5 Å². The van der Waals surface area contributed by atoms with Crippen LogP contribution < -0.4 is 10.0 Å². The van der Waals surface area contributed by atoms with Gasteiger partial charge < -0.3 is 10.4 Å². The standard InChI is InChI=1S/C16H17FN2O5S/c1-10(16(21)22)19-25(23,24)12-7-8-14(17)13(9-12)15(20)18-11-5-3-2-4-6-11/h3,5-10,19H,2,4H2,1H3,(H,18,20)(H,21,22). The highest BCUT2D eigenvalue weighted by Crippen LogP contribution is 2.17. The van der Waals surface area contributed by atoms with Crippen LogP contribution in [-0.4, -0.2) is 31.4 Å². The van der Waals surface area contributed by atoms with E-state index in [0.29, 0.717) is 5.70 Å². The summed E-state index contributed by atoms with van der Waals surface area (Å²) in [5.41, 5.74) is 0.0484. The number of carbonyl (C=O) groups is 2. The maximum absolute atomic E-state index is 13.9. The normalized spacial score (nSPS) is 15.4. The number of carboxylic acid groups (broad SMARTS) is 1. The summed E-state index contributed by atoms with van der Waals surface area (Å²) in [6, 6.07) is 1.31. The third kappa shape index (κ3) is 4.74.